The van der Waals surface area contributed by atoms with Gasteiger partial charge < -0.3 is 15.2 Å². The number of thioether (sulfide) groups is 1. The van der Waals surface area contributed by atoms with Crippen molar-refractivity contribution in [2.24, 2.45) is 0 Å². The molecular weight excluding hydrogens is 286 g/mol. The van der Waals surface area contributed by atoms with E-state index in [1.807, 2.05) is 11.8 Å². The van der Waals surface area contributed by atoms with E-state index in [0.717, 1.165) is 12.8 Å². The monoisotopic (exact) mass is 309 g/mol. The van der Waals surface area contributed by atoms with Crippen LogP contribution in [0.3, 0.4) is 0 Å². The van der Waals surface area contributed by atoms with Crippen LogP contribution in [-0.2, 0) is 0 Å². The second-order valence-electron chi connectivity index (χ2n) is 5.51. The van der Waals surface area contributed by atoms with E-state index in [2.05, 4.69) is 11.6 Å². The van der Waals surface area contributed by atoms with Crippen LogP contribution in [0.4, 0.5) is 0 Å². The van der Waals surface area contributed by atoms with Crippen molar-refractivity contribution in [3.63, 3.8) is 0 Å². The zero-order chi connectivity index (χ0) is 15.3. The van der Waals surface area contributed by atoms with Crippen molar-refractivity contribution < 1.29 is 14.6 Å². The smallest absolute Gasteiger partial charge is 0.255 e. The Hall–Kier alpha value is -1.36. The molecule has 0 radical (unpaired) electrons. The summed E-state index contributed by atoms with van der Waals surface area (Å²) in [4.78, 5) is 12.3. The number of aromatic hydroxyl groups is 1. The summed E-state index contributed by atoms with van der Waals surface area (Å²) < 4.78 is 5.24. The molecule has 1 aromatic rings. The van der Waals surface area contributed by atoms with Gasteiger partial charge in [-0.15, -0.1) is 0 Å². The van der Waals surface area contributed by atoms with Gasteiger partial charge in [0.2, 0.25) is 0 Å². The summed E-state index contributed by atoms with van der Waals surface area (Å²) in [6.07, 6.45) is 8.12. The molecule has 1 amide bonds. The highest BCUT2D eigenvalue weighted by Crippen LogP contribution is 2.38. The topological polar surface area (TPSA) is 58.6 Å². The molecule has 4 nitrogen and oxygen atoms in total. The average Bonchev–Trinajstić information content (AvgIpc) is 2.54. The van der Waals surface area contributed by atoms with Crippen molar-refractivity contribution in [3.8, 4) is 11.5 Å². The van der Waals surface area contributed by atoms with E-state index in [0.29, 0.717) is 12.3 Å². The van der Waals surface area contributed by atoms with Crippen molar-refractivity contribution in [3.05, 3.63) is 23.8 Å². The molecule has 0 atom stereocenters. The number of hydrogen-bond donors (Lipinski definition) is 2. The largest absolute Gasteiger partial charge is 0.507 e. The first-order chi connectivity index (χ1) is 10.1. The lowest BCUT2D eigenvalue weighted by Gasteiger charge is -2.35. The number of nitrogens with one attached hydrogen (secondary N) is 1. The van der Waals surface area contributed by atoms with Crippen molar-refractivity contribution in [2.75, 3.05) is 19.9 Å². The van der Waals surface area contributed by atoms with E-state index < -0.39 is 0 Å². The summed E-state index contributed by atoms with van der Waals surface area (Å²) in [5.74, 6) is 0.302. The number of carbonyl (C=O) groups excluding carboxylic acids is 1. The molecule has 0 aliphatic heterocycles. The third-order valence-corrected chi connectivity index (χ3v) is 5.64. The Labute approximate surface area is 130 Å². The normalized spacial score (nSPS) is 17.2. The van der Waals surface area contributed by atoms with Gasteiger partial charge in [-0.25, -0.2) is 0 Å². The zero-order valence-electron chi connectivity index (χ0n) is 12.6. The molecule has 0 unspecified atom stereocenters. The van der Waals surface area contributed by atoms with Gasteiger partial charge in [-0.1, -0.05) is 19.3 Å². The zero-order valence-corrected chi connectivity index (χ0v) is 13.5. The Kier molecular flexibility index (Phi) is 5.39. The van der Waals surface area contributed by atoms with Gasteiger partial charge in [0.15, 0.2) is 0 Å². The number of ether oxygens (including phenoxy) is 1. The van der Waals surface area contributed by atoms with Gasteiger partial charge in [-0.3, -0.25) is 4.79 Å². The summed E-state index contributed by atoms with van der Waals surface area (Å²) in [5.41, 5.74) is 0.265. The lowest BCUT2D eigenvalue weighted by Crippen LogP contribution is -2.41. The van der Waals surface area contributed by atoms with Crippen LogP contribution >= 0.6 is 11.8 Å². The highest BCUT2D eigenvalue weighted by molar-refractivity contribution is 8.00. The van der Waals surface area contributed by atoms with E-state index in [1.165, 1.54) is 25.3 Å². The first kappa shape index (κ1) is 16.0. The van der Waals surface area contributed by atoms with Gasteiger partial charge in [0.05, 0.1) is 12.7 Å². The number of phenolic OH excluding ortho intramolecular Hbond substituents is 1. The number of phenols is 1. The number of rotatable bonds is 5. The highest BCUT2D eigenvalue weighted by Gasteiger charge is 2.31. The summed E-state index contributed by atoms with van der Waals surface area (Å²) in [6, 6.07) is 4.69. The second kappa shape index (κ2) is 7.07. The molecule has 0 bridgehead atoms. The maximum absolute atomic E-state index is 12.3. The van der Waals surface area contributed by atoms with Crippen molar-refractivity contribution in [1.82, 2.24) is 5.32 Å². The third-order valence-electron chi connectivity index (χ3n) is 4.22. The van der Waals surface area contributed by atoms with Crippen molar-refractivity contribution in [1.29, 1.82) is 0 Å². The van der Waals surface area contributed by atoms with Crippen LogP contribution in [0.25, 0.3) is 0 Å². The van der Waals surface area contributed by atoms with Gasteiger partial charge in [0.25, 0.3) is 5.91 Å². The van der Waals surface area contributed by atoms with Gasteiger partial charge in [0.1, 0.15) is 11.5 Å². The molecule has 0 saturated heterocycles. The predicted molar refractivity (Wildman–Crippen MR) is 86.3 cm³/mol. The Morgan fingerprint density at radius 1 is 1.38 bits per heavy atom. The Bertz CT molecular complexity index is 498. The SMILES string of the molecule is COc1ccc(O)c(C(=O)NCC2(SC)CCCCC2)c1. The molecule has 1 aromatic carbocycles. The van der Waals surface area contributed by atoms with Gasteiger partial charge in [0, 0.05) is 11.3 Å². The number of carbonyl (C=O) groups is 1. The molecular formula is C16H23NO3S. The highest BCUT2D eigenvalue weighted by atomic mass is 32.2. The van der Waals surface area contributed by atoms with E-state index in [1.54, 1.807) is 19.2 Å². The molecule has 5 heteroatoms. The number of benzene rings is 1. The number of hydrogen-bond acceptors (Lipinski definition) is 4. The van der Waals surface area contributed by atoms with Crippen LogP contribution < -0.4 is 10.1 Å². The predicted octanol–water partition coefficient (Wildman–Crippen LogP) is 3.20. The molecule has 21 heavy (non-hydrogen) atoms. The van der Waals surface area contributed by atoms with Crippen molar-refractivity contribution >= 4 is 17.7 Å². The molecule has 116 valence electrons. The molecule has 1 saturated carbocycles. The maximum Gasteiger partial charge on any atom is 0.255 e. The molecule has 2 rings (SSSR count). The average molecular weight is 309 g/mol. The maximum atomic E-state index is 12.3. The van der Waals surface area contributed by atoms with Crippen LogP contribution in [0.5, 0.6) is 11.5 Å². The second-order valence-corrected chi connectivity index (χ2v) is 6.79. The Morgan fingerprint density at radius 2 is 2.10 bits per heavy atom. The van der Waals surface area contributed by atoms with Crippen LogP contribution in [-0.4, -0.2) is 35.7 Å². The minimum Gasteiger partial charge on any atom is -0.507 e. The van der Waals surface area contributed by atoms with Gasteiger partial charge in [-0.2, -0.15) is 11.8 Å². The fourth-order valence-electron chi connectivity index (χ4n) is 2.81. The first-order valence-electron chi connectivity index (χ1n) is 7.30. The fraction of sp³-hybridized carbons (Fsp3) is 0.562. The van der Waals surface area contributed by atoms with Crippen LogP contribution in [0.1, 0.15) is 42.5 Å². The third kappa shape index (κ3) is 3.84. The summed E-state index contributed by atoms with van der Waals surface area (Å²) >= 11 is 1.84. The van der Waals surface area contributed by atoms with Gasteiger partial charge in [-0.05, 0) is 37.3 Å². The molecule has 1 fully saturated rings. The molecule has 1 aliphatic carbocycles. The van der Waals surface area contributed by atoms with E-state index in [9.17, 15) is 9.90 Å². The van der Waals surface area contributed by atoms with E-state index in [-0.39, 0.29) is 22.0 Å². The lowest BCUT2D eigenvalue weighted by molar-refractivity contribution is 0.0944. The number of amides is 1. The Morgan fingerprint density at radius 3 is 2.71 bits per heavy atom. The molecule has 0 heterocycles. The summed E-state index contributed by atoms with van der Waals surface area (Å²) in [5, 5.41) is 12.8. The minimum atomic E-state index is -0.245. The quantitative estimate of drug-likeness (QED) is 0.877. The standard InChI is InChI=1S/C16H23NO3S/c1-20-12-6-7-14(18)13(10-12)15(19)17-11-16(21-2)8-4-3-5-9-16/h6-7,10,18H,3-5,8-9,11H2,1-2H3,(H,17,19). The summed E-state index contributed by atoms with van der Waals surface area (Å²) in [7, 11) is 1.54. The molecule has 2 N–H and O–H groups in total. The summed E-state index contributed by atoms with van der Waals surface area (Å²) in [6.45, 7) is 0.643. The minimum absolute atomic E-state index is 0.0184. The van der Waals surface area contributed by atoms with Crippen LogP contribution in [0.2, 0.25) is 0 Å². The molecule has 1 aliphatic rings. The lowest BCUT2D eigenvalue weighted by atomic mass is 9.88. The van der Waals surface area contributed by atoms with E-state index >= 15 is 0 Å². The van der Waals surface area contributed by atoms with E-state index in [4.69, 9.17) is 4.74 Å². The van der Waals surface area contributed by atoms with Crippen molar-refractivity contribution in [2.45, 2.75) is 36.9 Å². The number of methoxy groups -OCH3 is 1. The van der Waals surface area contributed by atoms with Crippen LogP contribution in [0.15, 0.2) is 18.2 Å². The van der Waals surface area contributed by atoms with Gasteiger partial charge >= 0.3 is 0 Å². The molecule has 0 spiro atoms. The first-order valence-corrected chi connectivity index (χ1v) is 8.53. The molecule has 0 aromatic heterocycles. The van der Waals surface area contributed by atoms with Crippen LogP contribution in [0, 0.1) is 0 Å². The Balaban J connectivity index is 2.04. The fourth-order valence-corrected chi connectivity index (χ4v) is 3.72.